The molecule has 4 nitrogen and oxygen atoms in total. The van der Waals surface area contributed by atoms with Crippen molar-refractivity contribution in [3.8, 4) is 0 Å². The molecule has 0 radical (unpaired) electrons. The molecule has 3 aromatic rings. The Balaban J connectivity index is 1.72. The van der Waals surface area contributed by atoms with Gasteiger partial charge in [0.05, 0.1) is 5.69 Å². The highest BCUT2D eigenvalue weighted by molar-refractivity contribution is 8.00. The largest absolute Gasteiger partial charge is 0.399 e. The number of hydrogen-bond donors (Lipinski definition) is 2. The summed E-state index contributed by atoms with van der Waals surface area (Å²) in [5.74, 6) is 0.752. The van der Waals surface area contributed by atoms with Gasteiger partial charge in [-0.1, -0.05) is 53.7 Å². The van der Waals surface area contributed by atoms with E-state index in [0.29, 0.717) is 5.15 Å². The van der Waals surface area contributed by atoms with Gasteiger partial charge in [-0.25, -0.2) is 4.98 Å². The van der Waals surface area contributed by atoms with Crippen LogP contribution in [0.5, 0.6) is 0 Å². The Labute approximate surface area is 155 Å². The molecule has 1 atom stereocenters. The van der Waals surface area contributed by atoms with E-state index in [0.717, 1.165) is 34.1 Å². The molecule has 0 bridgehead atoms. The van der Waals surface area contributed by atoms with Crippen LogP contribution in [0.25, 0.3) is 0 Å². The van der Waals surface area contributed by atoms with Gasteiger partial charge < -0.3 is 11.5 Å². The van der Waals surface area contributed by atoms with Crippen molar-refractivity contribution >= 4 is 40.6 Å². The summed E-state index contributed by atoms with van der Waals surface area (Å²) in [4.78, 5) is 7.55. The van der Waals surface area contributed by atoms with E-state index in [-0.39, 0.29) is 5.50 Å². The lowest BCUT2D eigenvalue weighted by atomic mass is 10.1. The van der Waals surface area contributed by atoms with Crippen LogP contribution in [0.4, 0.5) is 17.2 Å². The molecule has 4 N–H and O–H groups in total. The third kappa shape index (κ3) is 3.31. The minimum Gasteiger partial charge on any atom is -0.399 e. The van der Waals surface area contributed by atoms with E-state index in [1.807, 2.05) is 53.4 Å². The molecule has 0 fully saturated rings. The summed E-state index contributed by atoms with van der Waals surface area (Å²) in [5, 5.41) is 0.463. The van der Waals surface area contributed by atoms with E-state index >= 15 is 0 Å². The normalized spacial score (nSPS) is 16.1. The van der Waals surface area contributed by atoms with Gasteiger partial charge in [-0.2, -0.15) is 0 Å². The van der Waals surface area contributed by atoms with E-state index in [9.17, 15) is 0 Å². The molecule has 6 heteroatoms. The van der Waals surface area contributed by atoms with Crippen molar-refractivity contribution in [3.05, 3.63) is 76.9 Å². The third-order valence-electron chi connectivity index (χ3n) is 4.08. The second-order valence-electron chi connectivity index (χ2n) is 5.92. The molecular formula is C19H17ClN4S. The Hall–Kier alpha value is -2.21. The molecule has 1 unspecified atom stereocenters. The molecule has 1 aliphatic heterocycles. The van der Waals surface area contributed by atoms with Gasteiger partial charge in [0.15, 0.2) is 0 Å². The van der Waals surface area contributed by atoms with Crippen LogP contribution < -0.4 is 16.4 Å². The Morgan fingerprint density at radius 3 is 2.64 bits per heavy atom. The van der Waals surface area contributed by atoms with Crippen LogP contribution in [0.1, 0.15) is 11.1 Å². The van der Waals surface area contributed by atoms with E-state index in [1.165, 1.54) is 5.56 Å². The first-order valence-corrected chi connectivity index (χ1v) is 9.17. The molecule has 0 saturated carbocycles. The third-order valence-corrected chi connectivity index (χ3v) is 5.31. The summed E-state index contributed by atoms with van der Waals surface area (Å²) in [5.41, 5.74) is 16.0. The highest BCUT2D eigenvalue weighted by Crippen LogP contribution is 2.46. The summed E-state index contributed by atoms with van der Waals surface area (Å²) in [6.45, 7) is 0. The fourth-order valence-electron chi connectivity index (χ4n) is 2.99. The highest BCUT2D eigenvalue weighted by atomic mass is 35.5. The monoisotopic (exact) mass is 368 g/mol. The van der Waals surface area contributed by atoms with Crippen LogP contribution in [0.2, 0.25) is 5.15 Å². The van der Waals surface area contributed by atoms with Crippen LogP contribution in [-0.4, -0.2) is 10.5 Å². The average molecular weight is 369 g/mol. The van der Waals surface area contributed by atoms with Crippen molar-refractivity contribution in [1.29, 1.82) is 0 Å². The zero-order chi connectivity index (χ0) is 17.4. The summed E-state index contributed by atoms with van der Waals surface area (Å²) in [6, 6.07) is 20.0. The van der Waals surface area contributed by atoms with Gasteiger partial charge in [0, 0.05) is 10.6 Å². The molecule has 126 valence electrons. The first-order chi connectivity index (χ1) is 12.1. The number of nitrogens with two attached hydrogens (primary N) is 2. The van der Waals surface area contributed by atoms with Gasteiger partial charge in [-0.3, -0.25) is 4.90 Å². The zero-order valence-corrected chi connectivity index (χ0v) is 15.0. The first kappa shape index (κ1) is 16.3. The fraction of sp³-hybridized carbons (Fsp3) is 0.105. The topological polar surface area (TPSA) is 68.2 Å². The van der Waals surface area contributed by atoms with Gasteiger partial charge in [0.25, 0.3) is 0 Å². The average Bonchev–Trinajstić information content (AvgIpc) is 2.90. The predicted octanol–water partition coefficient (Wildman–Crippen LogP) is 4.39. The lowest BCUT2D eigenvalue weighted by Gasteiger charge is -2.23. The molecule has 2 heterocycles. The van der Waals surface area contributed by atoms with E-state index in [2.05, 4.69) is 17.1 Å². The summed E-state index contributed by atoms with van der Waals surface area (Å²) in [6.07, 6.45) is 0.793. The SMILES string of the molecule is Nc1ccc2c(c1)SC(N)N2c1cc(Cc2ccccc2)cc(Cl)n1. The number of nitrogens with zero attached hydrogens (tertiary/aromatic N) is 2. The van der Waals surface area contributed by atoms with Gasteiger partial charge in [-0.15, -0.1) is 0 Å². The van der Waals surface area contributed by atoms with Crippen molar-refractivity contribution in [2.75, 3.05) is 10.6 Å². The highest BCUT2D eigenvalue weighted by Gasteiger charge is 2.30. The molecule has 0 saturated heterocycles. The van der Waals surface area contributed by atoms with E-state index < -0.39 is 0 Å². The molecule has 0 amide bonds. The number of pyridine rings is 1. The van der Waals surface area contributed by atoms with Crippen molar-refractivity contribution in [1.82, 2.24) is 4.98 Å². The Morgan fingerprint density at radius 1 is 1.04 bits per heavy atom. The minimum absolute atomic E-state index is 0.257. The van der Waals surface area contributed by atoms with E-state index in [4.69, 9.17) is 23.1 Å². The molecule has 0 aliphatic carbocycles. The number of benzene rings is 2. The number of rotatable bonds is 3. The molecule has 2 aromatic carbocycles. The number of aromatic nitrogens is 1. The molecular weight excluding hydrogens is 352 g/mol. The van der Waals surface area contributed by atoms with Crippen molar-refractivity contribution < 1.29 is 0 Å². The van der Waals surface area contributed by atoms with Crippen LogP contribution in [-0.2, 0) is 6.42 Å². The molecule has 1 aromatic heterocycles. The maximum Gasteiger partial charge on any atom is 0.137 e. The summed E-state index contributed by atoms with van der Waals surface area (Å²) in [7, 11) is 0. The first-order valence-electron chi connectivity index (χ1n) is 7.91. The van der Waals surface area contributed by atoms with Gasteiger partial charge >= 0.3 is 0 Å². The van der Waals surface area contributed by atoms with Crippen molar-refractivity contribution in [3.63, 3.8) is 0 Å². The number of halogens is 1. The number of fused-ring (bicyclic) bond motifs is 1. The quantitative estimate of drug-likeness (QED) is 0.530. The number of hydrogen-bond acceptors (Lipinski definition) is 5. The fourth-order valence-corrected chi connectivity index (χ4v) is 4.29. The molecule has 25 heavy (non-hydrogen) atoms. The molecule has 1 aliphatic rings. The van der Waals surface area contributed by atoms with Crippen LogP contribution in [0.3, 0.4) is 0 Å². The second kappa shape index (κ2) is 6.59. The van der Waals surface area contributed by atoms with Crippen LogP contribution in [0, 0.1) is 0 Å². The van der Waals surface area contributed by atoms with Crippen LogP contribution >= 0.6 is 23.4 Å². The maximum absolute atomic E-state index is 6.33. The lowest BCUT2D eigenvalue weighted by molar-refractivity contribution is 0.908. The lowest BCUT2D eigenvalue weighted by Crippen LogP contribution is -2.32. The Morgan fingerprint density at radius 2 is 1.84 bits per heavy atom. The van der Waals surface area contributed by atoms with Crippen molar-refractivity contribution in [2.24, 2.45) is 5.73 Å². The maximum atomic E-state index is 6.33. The number of thioether (sulfide) groups is 1. The Bertz CT molecular complexity index is 917. The van der Waals surface area contributed by atoms with Crippen molar-refractivity contribution in [2.45, 2.75) is 16.8 Å². The van der Waals surface area contributed by atoms with E-state index in [1.54, 1.807) is 11.8 Å². The minimum atomic E-state index is -0.257. The smallest absolute Gasteiger partial charge is 0.137 e. The summed E-state index contributed by atoms with van der Waals surface area (Å²) >= 11 is 7.85. The predicted molar refractivity (Wildman–Crippen MR) is 105 cm³/mol. The standard InChI is InChI=1S/C19H17ClN4S/c20-17-9-13(8-12-4-2-1-3-5-12)10-18(23-17)24-15-7-6-14(21)11-16(15)25-19(24)22/h1-7,9-11,19H,8,21-22H2. The zero-order valence-electron chi connectivity index (χ0n) is 13.4. The number of anilines is 3. The molecule has 0 spiro atoms. The molecule has 4 rings (SSSR count). The number of nitrogen functional groups attached to an aromatic ring is 1. The van der Waals surface area contributed by atoms with Gasteiger partial charge in [0.2, 0.25) is 0 Å². The van der Waals surface area contributed by atoms with Gasteiger partial charge in [-0.05, 0) is 47.9 Å². The van der Waals surface area contributed by atoms with Crippen LogP contribution in [0.15, 0.2) is 65.6 Å². The second-order valence-corrected chi connectivity index (χ2v) is 7.47. The Kier molecular flexibility index (Phi) is 4.29. The summed E-state index contributed by atoms with van der Waals surface area (Å²) < 4.78 is 0. The van der Waals surface area contributed by atoms with Gasteiger partial charge in [0.1, 0.15) is 16.5 Å².